The summed E-state index contributed by atoms with van der Waals surface area (Å²) in [4.78, 5) is 25.6. The summed E-state index contributed by atoms with van der Waals surface area (Å²) in [5.41, 5.74) is 2.04. The molecule has 0 saturated carbocycles. The number of tetrazole rings is 1. The molecule has 1 aliphatic heterocycles. The van der Waals surface area contributed by atoms with Crippen LogP contribution >= 0.6 is 0 Å². The average Bonchev–Trinajstić information content (AvgIpc) is 3.05. The number of esters is 1. The maximum Gasteiger partial charge on any atom is 0.328 e. The van der Waals surface area contributed by atoms with Crippen molar-refractivity contribution in [2.24, 2.45) is 0 Å². The second-order valence-electron chi connectivity index (χ2n) is 4.95. The van der Waals surface area contributed by atoms with Crippen LogP contribution in [0.25, 0.3) is 0 Å². The van der Waals surface area contributed by atoms with Gasteiger partial charge in [0.2, 0.25) is 0 Å². The number of anilines is 1. The van der Waals surface area contributed by atoms with Crippen molar-refractivity contribution in [3.05, 3.63) is 36.2 Å². The lowest BCUT2D eigenvalue weighted by Gasteiger charge is -2.29. The van der Waals surface area contributed by atoms with Crippen molar-refractivity contribution in [2.75, 3.05) is 18.1 Å². The monoisotopic (exact) mass is 301 g/mol. The smallest absolute Gasteiger partial charge is 0.328 e. The molecular weight excluding hydrogens is 286 g/mol. The molecule has 0 atom stereocenters. The number of fused-ring (bicyclic) bond motifs is 1. The number of hydrogen-bond acceptors (Lipinski definition) is 6. The lowest BCUT2D eigenvalue weighted by Crippen LogP contribution is -2.38. The van der Waals surface area contributed by atoms with Crippen LogP contribution < -0.4 is 4.90 Å². The molecule has 1 aromatic carbocycles. The van der Waals surface area contributed by atoms with Gasteiger partial charge in [0.25, 0.3) is 5.91 Å². The highest BCUT2D eigenvalue weighted by molar-refractivity contribution is 5.96. The molecule has 0 radical (unpaired) electrons. The standard InChI is InChI=1S/C14H15N5O3/c20-13(9-22-14(21)8-18-10-15-16-17-18)19-7-3-5-11-4-1-2-6-12(11)19/h1-2,4,6,10H,3,5,7-9H2. The van der Waals surface area contributed by atoms with Crippen LogP contribution in [0.1, 0.15) is 12.0 Å². The van der Waals surface area contributed by atoms with Crippen LogP contribution in [0.3, 0.4) is 0 Å². The topological polar surface area (TPSA) is 90.2 Å². The number of aromatic nitrogens is 4. The first-order valence-electron chi connectivity index (χ1n) is 6.99. The van der Waals surface area contributed by atoms with Gasteiger partial charge in [0.1, 0.15) is 12.9 Å². The highest BCUT2D eigenvalue weighted by atomic mass is 16.5. The van der Waals surface area contributed by atoms with Gasteiger partial charge in [0, 0.05) is 12.2 Å². The minimum absolute atomic E-state index is 0.114. The fourth-order valence-corrected chi connectivity index (χ4v) is 2.44. The van der Waals surface area contributed by atoms with E-state index in [4.69, 9.17) is 4.74 Å². The van der Waals surface area contributed by atoms with Crippen LogP contribution in [0, 0.1) is 0 Å². The second kappa shape index (κ2) is 6.33. The largest absolute Gasteiger partial charge is 0.454 e. The first-order chi connectivity index (χ1) is 10.7. The number of amides is 1. The zero-order valence-electron chi connectivity index (χ0n) is 11.9. The van der Waals surface area contributed by atoms with Crippen LogP contribution in [0.2, 0.25) is 0 Å². The molecule has 0 unspecified atom stereocenters. The minimum Gasteiger partial charge on any atom is -0.454 e. The molecule has 1 aliphatic rings. The number of carbonyl (C=O) groups is 2. The number of benzene rings is 1. The van der Waals surface area contributed by atoms with Gasteiger partial charge in [-0.3, -0.25) is 9.59 Å². The van der Waals surface area contributed by atoms with Gasteiger partial charge in [-0.25, -0.2) is 4.68 Å². The van der Waals surface area contributed by atoms with E-state index in [9.17, 15) is 9.59 Å². The maximum absolute atomic E-state index is 12.3. The molecule has 1 aromatic heterocycles. The number of ether oxygens (including phenoxy) is 1. The SMILES string of the molecule is O=C(Cn1cnnn1)OCC(=O)N1CCCc2ccccc21. The number of carbonyl (C=O) groups excluding carboxylic acids is 2. The Bertz CT molecular complexity index is 671. The van der Waals surface area contributed by atoms with E-state index in [2.05, 4.69) is 15.5 Å². The summed E-state index contributed by atoms with van der Waals surface area (Å²) >= 11 is 0. The van der Waals surface area contributed by atoms with Crippen molar-refractivity contribution < 1.29 is 14.3 Å². The van der Waals surface area contributed by atoms with E-state index in [1.165, 1.54) is 11.0 Å². The fourth-order valence-electron chi connectivity index (χ4n) is 2.44. The number of rotatable bonds is 4. The molecule has 2 heterocycles. The summed E-state index contributed by atoms with van der Waals surface area (Å²) in [6, 6.07) is 7.78. The predicted octanol–water partition coefficient (Wildman–Crippen LogP) is 0.196. The first kappa shape index (κ1) is 14.2. The number of aryl methyl sites for hydroxylation is 1. The van der Waals surface area contributed by atoms with Crippen molar-refractivity contribution >= 4 is 17.6 Å². The molecule has 114 valence electrons. The molecular formula is C14H15N5O3. The first-order valence-corrected chi connectivity index (χ1v) is 6.99. The van der Waals surface area contributed by atoms with Gasteiger partial charge < -0.3 is 9.64 Å². The summed E-state index contributed by atoms with van der Waals surface area (Å²) in [5, 5.41) is 10.4. The zero-order valence-corrected chi connectivity index (χ0v) is 11.9. The van der Waals surface area contributed by atoms with E-state index in [-0.39, 0.29) is 19.1 Å². The third-order valence-corrected chi connectivity index (χ3v) is 3.45. The van der Waals surface area contributed by atoms with Crippen LogP contribution in [0.4, 0.5) is 5.69 Å². The molecule has 8 heteroatoms. The van der Waals surface area contributed by atoms with Gasteiger partial charge in [-0.2, -0.15) is 0 Å². The molecule has 0 saturated heterocycles. The van der Waals surface area contributed by atoms with Crippen LogP contribution in [-0.4, -0.2) is 45.2 Å². The van der Waals surface area contributed by atoms with E-state index in [0.717, 1.165) is 24.1 Å². The lowest BCUT2D eigenvalue weighted by molar-refractivity contribution is -0.148. The predicted molar refractivity (Wildman–Crippen MR) is 75.9 cm³/mol. The molecule has 0 fully saturated rings. The fraction of sp³-hybridized carbons (Fsp3) is 0.357. The van der Waals surface area contributed by atoms with Gasteiger partial charge in [-0.1, -0.05) is 18.2 Å². The summed E-state index contributed by atoms with van der Waals surface area (Å²) in [5.74, 6) is -0.775. The van der Waals surface area contributed by atoms with E-state index in [0.29, 0.717) is 6.54 Å². The van der Waals surface area contributed by atoms with Crippen LogP contribution in [0.5, 0.6) is 0 Å². The normalized spacial score (nSPS) is 13.5. The third kappa shape index (κ3) is 3.11. The Morgan fingerprint density at radius 1 is 1.27 bits per heavy atom. The third-order valence-electron chi connectivity index (χ3n) is 3.45. The van der Waals surface area contributed by atoms with Crippen LogP contribution in [0.15, 0.2) is 30.6 Å². The molecule has 22 heavy (non-hydrogen) atoms. The minimum atomic E-state index is -0.550. The summed E-state index contributed by atoms with van der Waals surface area (Å²) < 4.78 is 6.24. The van der Waals surface area contributed by atoms with Crippen molar-refractivity contribution in [1.29, 1.82) is 0 Å². The van der Waals surface area contributed by atoms with E-state index >= 15 is 0 Å². The summed E-state index contributed by atoms with van der Waals surface area (Å²) in [6.07, 6.45) is 3.17. The quantitative estimate of drug-likeness (QED) is 0.749. The number of para-hydroxylation sites is 1. The molecule has 0 N–H and O–H groups in total. The number of nitrogens with zero attached hydrogens (tertiary/aromatic N) is 5. The summed E-state index contributed by atoms with van der Waals surface area (Å²) in [6.45, 7) is 0.243. The zero-order chi connectivity index (χ0) is 15.4. The Hall–Kier alpha value is -2.77. The van der Waals surface area contributed by atoms with Gasteiger partial charge in [0.05, 0.1) is 0 Å². The van der Waals surface area contributed by atoms with E-state index < -0.39 is 5.97 Å². The van der Waals surface area contributed by atoms with Crippen molar-refractivity contribution in [2.45, 2.75) is 19.4 Å². The molecule has 1 amide bonds. The van der Waals surface area contributed by atoms with Gasteiger partial charge in [0.15, 0.2) is 6.61 Å². The average molecular weight is 301 g/mol. The molecule has 0 spiro atoms. The molecule has 3 rings (SSSR count). The molecule has 2 aromatic rings. The Morgan fingerprint density at radius 3 is 2.95 bits per heavy atom. The Labute approximate surface area is 126 Å². The van der Waals surface area contributed by atoms with Gasteiger partial charge in [-0.05, 0) is 34.9 Å². The van der Waals surface area contributed by atoms with Gasteiger partial charge in [-0.15, -0.1) is 5.10 Å². The Morgan fingerprint density at radius 2 is 2.14 bits per heavy atom. The summed E-state index contributed by atoms with van der Waals surface area (Å²) in [7, 11) is 0. The van der Waals surface area contributed by atoms with E-state index in [1.54, 1.807) is 4.90 Å². The van der Waals surface area contributed by atoms with Gasteiger partial charge >= 0.3 is 5.97 Å². The van der Waals surface area contributed by atoms with Crippen LogP contribution in [-0.2, 0) is 27.3 Å². The molecule has 8 nitrogen and oxygen atoms in total. The Balaban J connectivity index is 1.57. The van der Waals surface area contributed by atoms with Crippen molar-refractivity contribution in [1.82, 2.24) is 20.2 Å². The molecule has 0 aliphatic carbocycles. The maximum atomic E-state index is 12.3. The van der Waals surface area contributed by atoms with E-state index in [1.807, 2.05) is 24.3 Å². The second-order valence-corrected chi connectivity index (χ2v) is 4.95. The van der Waals surface area contributed by atoms with Crippen molar-refractivity contribution in [3.63, 3.8) is 0 Å². The lowest BCUT2D eigenvalue weighted by atomic mass is 10.0. The van der Waals surface area contributed by atoms with Crippen molar-refractivity contribution in [3.8, 4) is 0 Å². The number of hydrogen-bond donors (Lipinski definition) is 0. The molecule has 0 bridgehead atoms. The highest BCUT2D eigenvalue weighted by Gasteiger charge is 2.23. The Kier molecular flexibility index (Phi) is 4.08. The highest BCUT2D eigenvalue weighted by Crippen LogP contribution is 2.26.